The lowest BCUT2D eigenvalue weighted by molar-refractivity contribution is 0.0683. The highest BCUT2D eigenvalue weighted by Gasteiger charge is 2.12. The van der Waals surface area contributed by atoms with Crippen LogP contribution in [0.4, 0.5) is 0 Å². The van der Waals surface area contributed by atoms with Crippen LogP contribution in [0.15, 0.2) is 42.9 Å². The summed E-state index contributed by atoms with van der Waals surface area (Å²) >= 11 is 6.05. The quantitative estimate of drug-likeness (QED) is 0.765. The van der Waals surface area contributed by atoms with Gasteiger partial charge in [-0.3, -0.25) is 0 Å². The molecule has 2 aromatic heterocycles. The molecule has 0 fully saturated rings. The summed E-state index contributed by atoms with van der Waals surface area (Å²) in [5, 5.41) is 13.4. The van der Waals surface area contributed by atoms with Gasteiger partial charge in [-0.25, -0.2) is 19.4 Å². The summed E-state index contributed by atoms with van der Waals surface area (Å²) in [6, 6.07) is 9.27. The van der Waals surface area contributed by atoms with E-state index in [4.69, 9.17) is 21.4 Å². The Morgan fingerprint density at radius 3 is 2.83 bits per heavy atom. The monoisotopic (exact) mass is 344 g/mol. The van der Waals surface area contributed by atoms with Crippen molar-refractivity contribution in [3.8, 4) is 17.0 Å². The van der Waals surface area contributed by atoms with E-state index in [0.717, 1.165) is 16.7 Å². The maximum atomic E-state index is 10.8. The molecule has 24 heavy (non-hydrogen) atoms. The Balaban J connectivity index is 1.95. The fourth-order valence-corrected chi connectivity index (χ4v) is 2.45. The minimum Gasteiger partial charge on any atom is -0.481 e. The fourth-order valence-electron chi connectivity index (χ4n) is 2.26. The van der Waals surface area contributed by atoms with Crippen LogP contribution in [0.25, 0.3) is 11.1 Å². The molecule has 0 bridgehead atoms. The Morgan fingerprint density at radius 1 is 1.33 bits per heavy atom. The molecule has 0 saturated heterocycles. The number of methoxy groups -OCH3 is 1. The van der Waals surface area contributed by atoms with E-state index in [-0.39, 0.29) is 5.82 Å². The third kappa shape index (κ3) is 3.36. The number of halogens is 1. The average molecular weight is 345 g/mol. The zero-order valence-electron chi connectivity index (χ0n) is 12.7. The largest absolute Gasteiger partial charge is 0.481 e. The van der Waals surface area contributed by atoms with Crippen LogP contribution in [0.2, 0.25) is 5.02 Å². The molecule has 122 valence electrons. The van der Waals surface area contributed by atoms with Crippen molar-refractivity contribution in [1.82, 2.24) is 19.7 Å². The van der Waals surface area contributed by atoms with Gasteiger partial charge in [0.25, 0.3) is 5.82 Å². The number of aromatic nitrogens is 4. The number of aromatic carboxylic acids is 1. The van der Waals surface area contributed by atoms with Crippen LogP contribution in [0.3, 0.4) is 0 Å². The lowest BCUT2D eigenvalue weighted by Crippen LogP contribution is -2.05. The molecule has 8 heteroatoms. The van der Waals surface area contributed by atoms with Gasteiger partial charge in [-0.2, -0.15) is 0 Å². The number of pyridine rings is 1. The molecule has 0 amide bonds. The van der Waals surface area contributed by atoms with Crippen molar-refractivity contribution < 1.29 is 14.6 Å². The molecule has 7 nitrogen and oxygen atoms in total. The smallest absolute Gasteiger partial charge is 0.375 e. The molecule has 0 spiro atoms. The van der Waals surface area contributed by atoms with Gasteiger partial charge in [0.1, 0.15) is 6.33 Å². The van der Waals surface area contributed by atoms with E-state index in [1.165, 1.54) is 11.0 Å². The Hall–Kier alpha value is -2.93. The highest BCUT2D eigenvalue weighted by atomic mass is 35.5. The number of nitrogens with zero attached hydrogens (tertiary/aromatic N) is 4. The minimum absolute atomic E-state index is 0.244. The number of ether oxygens (including phenoxy) is 1. The van der Waals surface area contributed by atoms with Gasteiger partial charge in [0, 0.05) is 16.8 Å². The van der Waals surface area contributed by atoms with Crippen molar-refractivity contribution in [1.29, 1.82) is 0 Å². The normalized spacial score (nSPS) is 10.6. The lowest BCUT2D eigenvalue weighted by Gasteiger charge is -2.10. The van der Waals surface area contributed by atoms with Gasteiger partial charge >= 0.3 is 5.97 Å². The molecule has 0 aliphatic carbocycles. The van der Waals surface area contributed by atoms with Gasteiger partial charge in [0.15, 0.2) is 0 Å². The molecule has 0 saturated carbocycles. The van der Waals surface area contributed by atoms with Crippen LogP contribution in [0.5, 0.6) is 5.88 Å². The molecular formula is C16H13ClN4O3. The first kappa shape index (κ1) is 15.9. The number of hydrogen-bond acceptors (Lipinski definition) is 5. The Bertz CT molecular complexity index is 895. The molecule has 0 radical (unpaired) electrons. The van der Waals surface area contributed by atoms with Crippen molar-refractivity contribution in [2.24, 2.45) is 0 Å². The van der Waals surface area contributed by atoms with Gasteiger partial charge < -0.3 is 9.84 Å². The van der Waals surface area contributed by atoms with Crippen LogP contribution in [-0.4, -0.2) is 37.9 Å². The summed E-state index contributed by atoms with van der Waals surface area (Å²) in [4.78, 5) is 18.9. The number of carbonyl (C=O) groups is 1. The molecule has 3 rings (SSSR count). The summed E-state index contributed by atoms with van der Waals surface area (Å²) in [5.41, 5.74) is 2.49. The van der Waals surface area contributed by atoms with Gasteiger partial charge in [-0.15, -0.1) is 5.10 Å². The van der Waals surface area contributed by atoms with E-state index in [9.17, 15) is 4.79 Å². The molecule has 0 unspecified atom stereocenters. The van der Waals surface area contributed by atoms with Crippen LogP contribution in [-0.2, 0) is 6.54 Å². The molecule has 2 heterocycles. The van der Waals surface area contributed by atoms with Crippen LogP contribution >= 0.6 is 11.6 Å². The highest BCUT2D eigenvalue weighted by Crippen LogP contribution is 2.30. The Kier molecular flexibility index (Phi) is 4.43. The molecule has 0 aliphatic rings. The zero-order chi connectivity index (χ0) is 17.1. The van der Waals surface area contributed by atoms with E-state index >= 15 is 0 Å². The van der Waals surface area contributed by atoms with Crippen molar-refractivity contribution in [3.63, 3.8) is 0 Å². The molecule has 0 atom stereocenters. The van der Waals surface area contributed by atoms with Crippen molar-refractivity contribution in [2.75, 3.05) is 7.11 Å². The summed E-state index contributed by atoms with van der Waals surface area (Å²) in [7, 11) is 1.55. The first-order valence-corrected chi connectivity index (χ1v) is 7.36. The van der Waals surface area contributed by atoms with Crippen molar-refractivity contribution >= 4 is 17.6 Å². The first-order chi connectivity index (χ1) is 11.6. The van der Waals surface area contributed by atoms with E-state index < -0.39 is 5.97 Å². The number of carboxylic acid groups (broad SMARTS) is 1. The van der Waals surface area contributed by atoms with E-state index in [1.54, 1.807) is 19.4 Å². The second-order valence-electron chi connectivity index (χ2n) is 4.98. The van der Waals surface area contributed by atoms with Crippen LogP contribution in [0.1, 0.15) is 16.2 Å². The second-order valence-corrected chi connectivity index (χ2v) is 5.42. The maximum absolute atomic E-state index is 10.8. The average Bonchev–Trinajstić information content (AvgIpc) is 3.03. The number of carboxylic acids is 1. The Labute approximate surface area is 142 Å². The van der Waals surface area contributed by atoms with Crippen LogP contribution in [0, 0.1) is 0 Å². The Morgan fingerprint density at radius 2 is 2.17 bits per heavy atom. The van der Waals surface area contributed by atoms with Gasteiger partial charge in [0.2, 0.25) is 5.88 Å². The zero-order valence-corrected chi connectivity index (χ0v) is 13.4. The SMILES string of the molecule is COc1ncc(Cn2cnc(C(=O)O)n2)cc1-c1cccc(Cl)c1. The van der Waals surface area contributed by atoms with Crippen LogP contribution < -0.4 is 4.74 Å². The fraction of sp³-hybridized carbons (Fsp3) is 0.125. The van der Waals surface area contributed by atoms with Crippen molar-refractivity contribution in [3.05, 3.63) is 59.3 Å². The predicted molar refractivity (Wildman–Crippen MR) is 87.3 cm³/mol. The summed E-state index contributed by atoms with van der Waals surface area (Å²) in [6.45, 7) is 0.338. The summed E-state index contributed by atoms with van der Waals surface area (Å²) in [5.74, 6) is -0.932. The van der Waals surface area contributed by atoms with E-state index in [1.807, 2.05) is 24.3 Å². The molecule has 3 aromatic rings. The standard InChI is InChI=1S/C16H13ClN4O3/c1-24-15-13(11-3-2-4-12(17)6-11)5-10(7-18-15)8-21-9-19-14(20-21)16(22)23/h2-7,9H,8H2,1H3,(H,22,23). The minimum atomic E-state index is -1.17. The topological polar surface area (TPSA) is 90.1 Å². The van der Waals surface area contributed by atoms with Crippen molar-refractivity contribution in [2.45, 2.75) is 6.54 Å². The van der Waals surface area contributed by atoms with E-state index in [0.29, 0.717) is 17.4 Å². The number of benzene rings is 1. The molecular weight excluding hydrogens is 332 g/mol. The van der Waals surface area contributed by atoms with E-state index in [2.05, 4.69) is 15.1 Å². The predicted octanol–water partition coefficient (Wildman–Crippen LogP) is 2.75. The maximum Gasteiger partial charge on any atom is 0.375 e. The first-order valence-electron chi connectivity index (χ1n) is 6.98. The number of rotatable bonds is 5. The second kappa shape index (κ2) is 6.67. The van der Waals surface area contributed by atoms with Gasteiger partial charge in [-0.1, -0.05) is 23.7 Å². The molecule has 1 N–H and O–H groups in total. The summed E-state index contributed by atoms with van der Waals surface area (Å²) < 4.78 is 6.75. The third-order valence-electron chi connectivity index (χ3n) is 3.31. The molecule has 0 aliphatic heterocycles. The van der Waals surface area contributed by atoms with Gasteiger partial charge in [-0.05, 0) is 29.3 Å². The van der Waals surface area contributed by atoms with Gasteiger partial charge in [0.05, 0.1) is 13.7 Å². The number of hydrogen-bond donors (Lipinski definition) is 1. The third-order valence-corrected chi connectivity index (χ3v) is 3.54. The highest BCUT2D eigenvalue weighted by molar-refractivity contribution is 6.30. The summed E-state index contributed by atoms with van der Waals surface area (Å²) in [6.07, 6.45) is 3.02. The lowest BCUT2D eigenvalue weighted by atomic mass is 10.1. The molecule has 1 aromatic carbocycles.